The Morgan fingerprint density at radius 3 is 3.00 bits per heavy atom. The average Bonchev–Trinajstić information content (AvgIpc) is 3.23. The normalized spacial score (nSPS) is 16.9. The lowest BCUT2D eigenvalue weighted by atomic mass is 10.1. The van der Waals surface area contributed by atoms with Crippen molar-refractivity contribution in [2.24, 2.45) is 4.99 Å². The van der Waals surface area contributed by atoms with Crippen molar-refractivity contribution in [2.75, 3.05) is 42.4 Å². The molecule has 1 fully saturated rings. The topological polar surface area (TPSA) is 95.8 Å². The molecule has 1 saturated heterocycles. The first-order chi connectivity index (χ1) is 15.7. The van der Waals surface area contributed by atoms with Crippen LogP contribution in [-0.4, -0.2) is 60.5 Å². The molecule has 0 unspecified atom stereocenters. The van der Waals surface area contributed by atoms with E-state index in [-0.39, 0.29) is 12.1 Å². The minimum atomic E-state index is -0.268. The third-order valence-electron chi connectivity index (χ3n) is 5.72. The Morgan fingerprint density at radius 2 is 2.16 bits per heavy atom. The van der Waals surface area contributed by atoms with E-state index in [0.717, 1.165) is 42.0 Å². The number of aliphatic imine (C=N–C) groups is 1. The Morgan fingerprint density at radius 1 is 1.25 bits per heavy atom. The molecule has 1 N–H and O–H groups in total. The van der Waals surface area contributed by atoms with Crippen LogP contribution in [0, 0.1) is 0 Å². The van der Waals surface area contributed by atoms with Crippen LogP contribution in [0.15, 0.2) is 53.8 Å². The summed E-state index contributed by atoms with van der Waals surface area (Å²) < 4.78 is 5.13. The Bertz CT molecular complexity index is 1200. The fourth-order valence-electron chi connectivity index (χ4n) is 4.25. The highest BCUT2D eigenvalue weighted by Crippen LogP contribution is 2.40. The van der Waals surface area contributed by atoms with E-state index in [1.807, 2.05) is 42.6 Å². The van der Waals surface area contributed by atoms with E-state index in [2.05, 4.69) is 25.2 Å². The lowest BCUT2D eigenvalue weighted by Crippen LogP contribution is -2.48. The Balaban J connectivity index is 1.51. The highest BCUT2D eigenvalue weighted by Gasteiger charge is 2.40. The number of nitrogens with zero attached hydrogens (tertiary/aromatic N) is 6. The quantitative estimate of drug-likeness (QED) is 0.640. The minimum absolute atomic E-state index is 0.0486. The fraction of sp³-hybridized carbons (Fsp3) is 0.261. The van der Waals surface area contributed by atoms with Gasteiger partial charge in [0.2, 0.25) is 5.88 Å². The van der Waals surface area contributed by atoms with Crippen molar-refractivity contribution in [2.45, 2.75) is 12.5 Å². The van der Waals surface area contributed by atoms with E-state index < -0.39 is 0 Å². The number of ether oxygens (including phenoxy) is 1. The first kappa shape index (κ1) is 19.9. The van der Waals surface area contributed by atoms with E-state index in [1.54, 1.807) is 18.0 Å². The molecule has 0 radical (unpaired) electrons. The average molecular weight is 429 g/mol. The van der Waals surface area contributed by atoms with E-state index in [4.69, 9.17) is 9.72 Å². The van der Waals surface area contributed by atoms with Gasteiger partial charge in [0.1, 0.15) is 12.1 Å². The van der Waals surface area contributed by atoms with Gasteiger partial charge in [-0.1, -0.05) is 18.2 Å². The third kappa shape index (κ3) is 3.62. The number of hydrogen-bond acceptors (Lipinski definition) is 7. The number of benzene rings is 1. The van der Waals surface area contributed by atoms with Crippen LogP contribution in [0.25, 0.3) is 11.3 Å². The van der Waals surface area contributed by atoms with Crippen LogP contribution in [0.1, 0.15) is 12.0 Å². The van der Waals surface area contributed by atoms with Crippen molar-refractivity contribution in [3.05, 3.63) is 54.4 Å². The summed E-state index contributed by atoms with van der Waals surface area (Å²) in [6.07, 6.45) is 4.05. The standard InChI is InChI=1S/C23H23N7O2/c1-24-12-15-4-3-5-16(10-15)18-6-7-19-22(27-18)30(17-8-9-29(19)13-17)23(31)28-20-11-21(32-2)26-14-25-20/h3-7,10-12,14,17H,8-9,13H2,1-2H3,(H,25,26,28,31)/t17-/m0/s1. The van der Waals surface area contributed by atoms with Crippen molar-refractivity contribution in [3.8, 4) is 17.1 Å². The van der Waals surface area contributed by atoms with Gasteiger partial charge < -0.3 is 9.64 Å². The van der Waals surface area contributed by atoms with Crippen LogP contribution in [0.3, 0.4) is 0 Å². The van der Waals surface area contributed by atoms with Crippen LogP contribution in [0.5, 0.6) is 5.88 Å². The van der Waals surface area contributed by atoms with E-state index >= 15 is 0 Å². The highest BCUT2D eigenvalue weighted by molar-refractivity contribution is 6.04. The van der Waals surface area contributed by atoms with Gasteiger partial charge in [0.15, 0.2) is 5.82 Å². The summed E-state index contributed by atoms with van der Waals surface area (Å²) in [4.78, 5) is 34.5. The second-order valence-electron chi connectivity index (χ2n) is 7.69. The third-order valence-corrected chi connectivity index (χ3v) is 5.72. The molecule has 162 valence electrons. The maximum absolute atomic E-state index is 13.3. The molecule has 2 bridgehead atoms. The highest BCUT2D eigenvalue weighted by atomic mass is 16.5. The largest absolute Gasteiger partial charge is 0.481 e. The smallest absolute Gasteiger partial charge is 0.329 e. The molecule has 0 spiro atoms. The summed E-state index contributed by atoms with van der Waals surface area (Å²) in [5, 5.41) is 2.88. The molecule has 2 aliphatic rings. The summed E-state index contributed by atoms with van der Waals surface area (Å²) >= 11 is 0. The van der Waals surface area contributed by atoms with Gasteiger partial charge in [0, 0.05) is 38.0 Å². The maximum Gasteiger partial charge on any atom is 0.329 e. The number of carbonyl (C=O) groups excluding carboxylic acids is 1. The number of hydrogen-bond donors (Lipinski definition) is 1. The number of urea groups is 1. The Labute approximate surface area is 185 Å². The predicted octanol–water partition coefficient (Wildman–Crippen LogP) is 3.23. The van der Waals surface area contributed by atoms with Crippen molar-refractivity contribution >= 4 is 29.6 Å². The van der Waals surface area contributed by atoms with Crippen LogP contribution in [0.4, 0.5) is 22.1 Å². The number of amides is 2. The van der Waals surface area contributed by atoms with E-state index in [9.17, 15) is 4.79 Å². The molecule has 0 saturated carbocycles. The molecule has 2 amide bonds. The SMILES string of the molecule is CN=Cc1cccc(-c2ccc3c(n2)N(C(=O)Nc2cc(OC)ncn2)[C@H]2CCN3C2)c1. The number of rotatable bonds is 4. The molecule has 2 aliphatic heterocycles. The number of pyridine rings is 1. The molecular formula is C23H23N7O2. The second-order valence-corrected chi connectivity index (χ2v) is 7.69. The summed E-state index contributed by atoms with van der Waals surface area (Å²) in [6.45, 7) is 1.68. The van der Waals surface area contributed by atoms with Gasteiger partial charge in [0.05, 0.1) is 24.5 Å². The van der Waals surface area contributed by atoms with Gasteiger partial charge in [-0.05, 0) is 30.2 Å². The zero-order valence-corrected chi connectivity index (χ0v) is 17.9. The second kappa shape index (κ2) is 8.26. The first-order valence-corrected chi connectivity index (χ1v) is 10.4. The summed E-state index contributed by atoms with van der Waals surface area (Å²) in [6, 6.07) is 13.5. The van der Waals surface area contributed by atoms with Crippen LogP contribution < -0.4 is 19.9 Å². The molecule has 9 nitrogen and oxygen atoms in total. The number of carbonyl (C=O) groups is 1. The Hall–Kier alpha value is -4.01. The first-order valence-electron chi connectivity index (χ1n) is 10.4. The van der Waals surface area contributed by atoms with E-state index in [0.29, 0.717) is 17.5 Å². The van der Waals surface area contributed by atoms with Crippen LogP contribution in [-0.2, 0) is 0 Å². The van der Waals surface area contributed by atoms with Gasteiger partial charge in [-0.3, -0.25) is 15.2 Å². The minimum Gasteiger partial charge on any atom is -0.481 e. The van der Waals surface area contributed by atoms with Gasteiger partial charge in [0.25, 0.3) is 0 Å². The number of aromatic nitrogens is 3. The zero-order chi connectivity index (χ0) is 22.1. The number of methoxy groups -OCH3 is 1. The van der Waals surface area contributed by atoms with Crippen molar-refractivity contribution in [1.82, 2.24) is 15.0 Å². The van der Waals surface area contributed by atoms with Crippen molar-refractivity contribution < 1.29 is 9.53 Å². The van der Waals surface area contributed by atoms with Gasteiger partial charge >= 0.3 is 6.03 Å². The van der Waals surface area contributed by atoms with Crippen LogP contribution >= 0.6 is 0 Å². The number of fused-ring (bicyclic) bond motifs is 4. The predicted molar refractivity (Wildman–Crippen MR) is 124 cm³/mol. The monoisotopic (exact) mass is 429 g/mol. The molecule has 32 heavy (non-hydrogen) atoms. The van der Waals surface area contributed by atoms with E-state index in [1.165, 1.54) is 13.4 Å². The lowest BCUT2D eigenvalue weighted by Gasteiger charge is -2.35. The van der Waals surface area contributed by atoms with Crippen molar-refractivity contribution in [3.63, 3.8) is 0 Å². The molecule has 9 heteroatoms. The number of anilines is 3. The van der Waals surface area contributed by atoms with Gasteiger partial charge in [-0.2, -0.15) is 0 Å². The molecular weight excluding hydrogens is 406 g/mol. The molecule has 1 atom stereocenters. The van der Waals surface area contributed by atoms with Crippen LogP contribution in [0.2, 0.25) is 0 Å². The fourth-order valence-corrected chi connectivity index (χ4v) is 4.25. The molecule has 4 heterocycles. The zero-order valence-electron chi connectivity index (χ0n) is 17.9. The number of nitrogens with one attached hydrogen (secondary N) is 1. The molecule has 0 aliphatic carbocycles. The molecule has 2 aromatic heterocycles. The molecule has 3 aromatic rings. The molecule has 1 aromatic carbocycles. The molecule has 5 rings (SSSR count). The summed E-state index contributed by atoms with van der Waals surface area (Å²) in [5.74, 6) is 1.42. The maximum atomic E-state index is 13.3. The summed E-state index contributed by atoms with van der Waals surface area (Å²) in [5.41, 5.74) is 3.74. The lowest BCUT2D eigenvalue weighted by molar-refractivity contribution is 0.254. The van der Waals surface area contributed by atoms with Crippen molar-refractivity contribution in [1.29, 1.82) is 0 Å². The van der Waals surface area contributed by atoms with Gasteiger partial charge in [-0.15, -0.1) is 0 Å². The summed E-state index contributed by atoms with van der Waals surface area (Å²) in [7, 11) is 3.27. The van der Waals surface area contributed by atoms with Gasteiger partial charge in [-0.25, -0.2) is 19.7 Å². The Kier molecular flexibility index (Phi) is 5.14.